The van der Waals surface area contributed by atoms with Gasteiger partial charge in [-0.3, -0.25) is 9.80 Å². The second-order valence-corrected chi connectivity index (χ2v) is 7.40. The van der Waals surface area contributed by atoms with Gasteiger partial charge in [0.25, 0.3) is 0 Å². The Morgan fingerprint density at radius 3 is 2.43 bits per heavy atom. The molecule has 2 aromatic carbocycles. The van der Waals surface area contributed by atoms with E-state index in [1.165, 1.54) is 17.7 Å². The molecule has 0 unspecified atom stereocenters. The van der Waals surface area contributed by atoms with E-state index in [2.05, 4.69) is 39.1 Å². The van der Waals surface area contributed by atoms with Crippen LogP contribution in [0.2, 0.25) is 0 Å². The number of hydrogen-bond donors (Lipinski definition) is 0. The van der Waals surface area contributed by atoms with Crippen molar-refractivity contribution >= 4 is 0 Å². The molecule has 1 aromatic heterocycles. The number of aryl methyl sites for hydroxylation is 1. The van der Waals surface area contributed by atoms with Crippen molar-refractivity contribution in [1.29, 1.82) is 0 Å². The molecular weight excluding hydrogens is 355 g/mol. The lowest BCUT2D eigenvalue weighted by atomic mass is 10.1. The van der Waals surface area contributed by atoms with Gasteiger partial charge in [0.05, 0.1) is 6.54 Å². The second-order valence-electron chi connectivity index (χ2n) is 7.40. The topological polar surface area (TPSA) is 45.4 Å². The molecule has 1 saturated heterocycles. The summed E-state index contributed by atoms with van der Waals surface area (Å²) in [6.45, 7) is 7.53. The molecule has 2 heterocycles. The van der Waals surface area contributed by atoms with Crippen LogP contribution in [0.3, 0.4) is 0 Å². The van der Waals surface area contributed by atoms with E-state index in [1.54, 1.807) is 0 Å². The van der Waals surface area contributed by atoms with Crippen molar-refractivity contribution in [2.24, 2.45) is 0 Å². The van der Waals surface area contributed by atoms with Crippen LogP contribution in [0.15, 0.2) is 52.9 Å². The van der Waals surface area contributed by atoms with Crippen molar-refractivity contribution in [3.63, 3.8) is 0 Å². The standard InChI is InChI=1S/C22H25FN4O/c1-17-4-2-5-19(14-17)22-25-24-21(28-22)16-27-11-3-10-26(12-13-27)15-18-6-8-20(23)9-7-18/h2,4-9,14H,3,10-13,15-16H2,1H3. The summed E-state index contributed by atoms with van der Waals surface area (Å²) in [6.07, 6.45) is 1.08. The molecule has 3 aromatic rings. The Balaban J connectivity index is 1.33. The van der Waals surface area contributed by atoms with Gasteiger partial charge in [-0.15, -0.1) is 10.2 Å². The zero-order chi connectivity index (χ0) is 19.3. The Hall–Kier alpha value is -2.57. The average molecular weight is 380 g/mol. The molecule has 0 bridgehead atoms. The molecule has 0 saturated carbocycles. The summed E-state index contributed by atoms with van der Waals surface area (Å²) in [5.74, 6) is 1.05. The molecular formula is C22H25FN4O. The van der Waals surface area contributed by atoms with Crippen LogP contribution in [0.1, 0.15) is 23.4 Å². The minimum absolute atomic E-state index is 0.185. The van der Waals surface area contributed by atoms with Gasteiger partial charge in [-0.2, -0.15) is 0 Å². The van der Waals surface area contributed by atoms with Crippen molar-refractivity contribution < 1.29 is 8.81 Å². The molecule has 0 aliphatic carbocycles. The predicted molar refractivity (Wildman–Crippen MR) is 106 cm³/mol. The maximum absolute atomic E-state index is 13.1. The summed E-state index contributed by atoms with van der Waals surface area (Å²) >= 11 is 0. The molecule has 0 N–H and O–H groups in total. The third-order valence-corrected chi connectivity index (χ3v) is 5.09. The van der Waals surface area contributed by atoms with E-state index >= 15 is 0 Å². The third-order valence-electron chi connectivity index (χ3n) is 5.09. The number of hydrogen-bond acceptors (Lipinski definition) is 5. The van der Waals surface area contributed by atoms with Gasteiger partial charge in [0.15, 0.2) is 0 Å². The Morgan fingerprint density at radius 2 is 1.68 bits per heavy atom. The highest BCUT2D eigenvalue weighted by atomic mass is 19.1. The van der Waals surface area contributed by atoms with Crippen LogP contribution in [0.5, 0.6) is 0 Å². The van der Waals surface area contributed by atoms with E-state index in [4.69, 9.17) is 4.42 Å². The molecule has 6 heteroatoms. The lowest BCUT2D eigenvalue weighted by Gasteiger charge is -2.21. The summed E-state index contributed by atoms with van der Waals surface area (Å²) in [6, 6.07) is 14.9. The van der Waals surface area contributed by atoms with Gasteiger partial charge >= 0.3 is 0 Å². The average Bonchev–Trinajstić information content (AvgIpc) is 3.05. The van der Waals surface area contributed by atoms with Crippen LogP contribution in [0.25, 0.3) is 11.5 Å². The highest BCUT2D eigenvalue weighted by Crippen LogP contribution is 2.20. The Kier molecular flexibility index (Phi) is 5.78. The Bertz CT molecular complexity index is 909. The maximum atomic E-state index is 13.1. The quantitative estimate of drug-likeness (QED) is 0.672. The zero-order valence-electron chi connectivity index (χ0n) is 16.1. The van der Waals surface area contributed by atoms with E-state index in [0.717, 1.165) is 50.3 Å². The number of benzene rings is 2. The monoisotopic (exact) mass is 380 g/mol. The summed E-state index contributed by atoms with van der Waals surface area (Å²) in [7, 11) is 0. The van der Waals surface area contributed by atoms with Crippen LogP contribution in [0, 0.1) is 12.7 Å². The molecule has 1 aliphatic heterocycles. The highest BCUT2D eigenvalue weighted by molar-refractivity contribution is 5.53. The molecule has 0 radical (unpaired) electrons. The molecule has 5 nitrogen and oxygen atoms in total. The van der Waals surface area contributed by atoms with Crippen molar-refractivity contribution in [1.82, 2.24) is 20.0 Å². The van der Waals surface area contributed by atoms with Crippen LogP contribution in [0.4, 0.5) is 4.39 Å². The fraction of sp³-hybridized carbons (Fsp3) is 0.364. The molecule has 1 fully saturated rings. The van der Waals surface area contributed by atoms with E-state index < -0.39 is 0 Å². The van der Waals surface area contributed by atoms with Gasteiger partial charge in [0.2, 0.25) is 11.8 Å². The van der Waals surface area contributed by atoms with Crippen LogP contribution in [-0.2, 0) is 13.1 Å². The molecule has 28 heavy (non-hydrogen) atoms. The number of rotatable bonds is 5. The van der Waals surface area contributed by atoms with E-state index in [1.807, 2.05) is 24.3 Å². The first kappa shape index (κ1) is 18.8. The largest absolute Gasteiger partial charge is 0.419 e. The van der Waals surface area contributed by atoms with Crippen LogP contribution in [-0.4, -0.2) is 46.2 Å². The smallest absolute Gasteiger partial charge is 0.247 e. The summed E-state index contributed by atoms with van der Waals surface area (Å²) in [5, 5.41) is 8.44. The molecule has 0 amide bonds. The molecule has 0 spiro atoms. The Labute approximate surface area is 164 Å². The van der Waals surface area contributed by atoms with E-state index in [-0.39, 0.29) is 5.82 Å². The lowest BCUT2D eigenvalue weighted by molar-refractivity contribution is 0.232. The molecule has 146 valence electrons. The normalized spacial score (nSPS) is 16.2. The van der Waals surface area contributed by atoms with Gasteiger partial charge in [-0.1, -0.05) is 29.8 Å². The molecule has 4 rings (SSSR count). The van der Waals surface area contributed by atoms with E-state index in [0.29, 0.717) is 18.3 Å². The van der Waals surface area contributed by atoms with Crippen molar-refractivity contribution in [3.05, 3.63) is 71.4 Å². The SMILES string of the molecule is Cc1cccc(-c2nnc(CN3CCCN(Cc4ccc(F)cc4)CC3)o2)c1. The predicted octanol–water partition coefficient (Wildman–Crippen LogP) is 3.89. The van der Waals surface area contributed by atoms with Gasteiger partial charge in [0.1, 0.15) is 5.82 Å². The van der Waals surface area contributed by atoms with E-state index in [9.17, 15) is 4.39 Å². The van der Waals surface area contributed by atoms with Gasteiger partial charge in [0, 0.05) is 25.2 Å². The van der Waals surface area contributed by atoms with Gasteiger partial charge in [-0.25, -0.2) is 4.39 Å². The summed E-state index contributed by atoms with van der Waals surface area (Å²) in [5.41, 5.74) is 3.28. The number of halogens is 1. The van der Waals surface area contributed by atoms with Gasteiger partial charge in [-0.05, 0) is 56.3 Å². The second kappa shape index (κ2) is 8.63. The van der Waals surface area contributed by atoms with Crippen molar-refractivity contribution in [2.75, 3.05) is 26.2 Å². The first-order valence-electron chi connectivity index (χ1n) is 9.74. The summed E-state index contributed by atoms with van der Waals surface area (Å²) < 4.78 is 19.0. The molecule has 0 atom stereocenters. The zero-order valence-corrected chi connectivity index (χ0v) is 16.1. The first-order valence-corrected chi connectivity index (χ1v) is 9.74. The van der Waals surface area contributed by atoms with Crippen molar-refractivity contribution in [2.45, 2.75) is 26.4 Å². The molecule has 1 aliphatic rings. The summed E-state index contributed by atoms with van der Waals surface area (Å²) in [4.78, 5) is 4.78. The number of aromatic nitrogens is 2. The minimum atomic E-state index is -0.185. The fourth-order valence-electron chi connectivity index (χ4n) is 3.59. The van der Waals surface area contributed by atoms with Crippen LogP contribution >= 0.6 is 0 Å². The van der Waals surface area contributed by atoms with Gasteiger partial charge < -0.3 is 4.42 Å². The fourth-order valence-corrected chi connectivity index (χ4v) is 3.59. The Morgan fingerprint density at radius 1 is 0.929 bits per heavy atom. The van der Waals surface area contributed by atoms with Crippen molar-refractivity contribution in [3.8, 4) is 11.5 Å². The highest BCUT2D eigenvalue weighted by Gasteiger charge is 2.18. The maximum Gasteiger partial charge on any atom is 0.247 e. The van der Waals surface area contributed by atoms with Crippen LogP contribution < -0.4 is 0 Å². The first-order chi connectivity index (χ1) is 13.7. The minimum Gasteiger partial charge on any atom is -0.419 e. The third kappa shape index (κ3) is 4.82. The number of nitrogens with zero attached hydrogens (tertiary/aromatic N) is 4. The lowest BCUT2D eigenvalue weighted by Crippen LogP contribution is -2.30.